The second-order valence-corrected chi connectivity index (χ2v) is 4.39. The SMILES string of the molecule is COc1cc(NC(=O)[C@@H]2CCCN2)ccc1Cl. The number of nitrogens with one attached hydrogen (secondary N) is 2. The molecule has 5 heteroatoms. The maximum absolute atomic E-state index is 11.9. The molecule has 17 heavy (non-hydrogen) atoms. The summed E-state index contributed by atoms with van der Waals surface area (Å²) in [7, 11) is 1.55. The fourth-order valence-electron chi connectivity index (χ4n) is 1.88. The Morgan fingerprint density at radius 1 is 1.59 bits per heavy atom. The van der Waals surface area contributed by atoms with Crippen molar-refractivity contribution in [3.8, 4) is 5.75 Å². The van der Waals surface area contributed by atoms with Crippen molar-refractivity contribution in [2.75, 3.05) is 19.0 Å². The zero-order chi connectivity index (χ0) is 12.3. The third-order valence-corrected chi connectivity index (χ3v) is 3.11. The third kappa shape index (κ3) is 2.90. The molecule has 1 fully saturated rings. The average molecular weight is 255 g/mol. The lowest BCUT2D eigenvalue weighted by atomic mass is 10.2. The zero-order valence-electron chi connectivity index (χ0n) is 9.63. The van der Waals surface area contributed by atoms with Crippen molar-refractivity contribution in [1.29, 1.82) is 0 Å². The highest BCUT2D eigenvalue weighted by atomic mass is 35.5. The van der Waals surface area contributed by atoms with Gasteiger partial charge in [0, 0.05) is 11.8 Å². The normalized spacial score (nSPS) is 19.1. The maximum atomic E-state index is 11.9. The highest BCUT2D eigenvalue weighted by Crippen LogP contribution is 2.27. The van der Waals surface area contributed by atoms with Gasteiger partial charge in [0.25, 0.3) is 0 Å². The number of hydrogen-bond acceptors (Lipinski definition) is 3. The van der Waals surface area contributed by atoms with E-state index >= 15 is 0 Å². The Morgan fingerprint density at radius 3 is 3.06 bits per heavy atom. The zero-order valence-corrected chi connectivity index (χ0v) is 10.4. The van der Waals surface area contributed by atoms with Crippen LogP contribution >= 0.6 is 11.6 Å². The van der Waals surface area contributed by atoms with Gasteiger partial charge in [-0.2, -0.15) is 0 Å². The number of rotatable bonds is 3. The molecule has 92 valence electrons. The van der Waals surface area contributed by atoms with E-state index in [4.69, 9.17) is 16.3 Å². The van der Waals surface area contributed by atoms with E-state index in [1.807, 2.05) is 0 Å². The summed E-state index contributed by atoms with van der Waals surface area (Å²) in [4.78, 5) is 11.9. The molecular weight excluding hydrogens is 240 g/mol. The molecule has 1 aliphatic heterocycles. The summed E-state index contributed by atoms with van der Waals surface area (Å²) in [5.74, 6) is 0.552. The van der Waals surface area contributed by atoms with Crippen molar-refractivity contribution in [2.24, 2.45) is 0 Å². The number of halogens is 1. The minimum Gasteiger partial charge on any atom is -0.495 e. The van der Waals surface area contributed by atoms with Gasteiger partial charge in [0.2, 0.25) is 5.91 Å². The molecule has 1 saturated heterocycles. The Balaban J connectivity index is 2.05. The minimum absolute atomic E-state index is 0.00752. The number of ether oxygens (including phenoxy) is 1. The van der Waals surface area contributed by atoms with Crippen LogP contribution in [0.1, 0.15) is 12.8 Å². The Hall–Kier alpha value is -1.26. The molecule has 2 rings (SSSR count). The van der Waals surface area contributed by atoms with Crippen molar-refractivity contribution in [2.45, 2.75) is 18.9 Å². The highest BCUT2D eigenvalue weighted by molar-refractivity contribution is 6.32. The summed E-state index contributed by atoms with van der Waals surface area (Å²) in [6, 6.07) is 5.10. The largest absolute Gasteiger partial charge is 0.495 e. The van der Waals surface area contributed by atoms with E-state index in [9.17, 15) is 4.79 Å². The van der Waals surface area contributed by atoms with E-state index in [1.54, 1.807) is 25.3 Å². The molecule has 1 amide bonds. The van der Waals surface area contributed by atoms with Crippen LogP contribution in [-0.2, 0) is 4.79 Å². The van der Waals surface area contributed by atoms with Gasteiger partial charge in [0.15, 0.2) is 0 Å². The van der Waals surface area contributed by atoms with Crippen LogP contribution in [0.4, 0.5) is 5.69 Å². The van der Waals surface area contributed by atoms with E-state index in [0.29, 0.717) is 16.5 Å². The van der Waals surface area contributed by atoms with Gasteiger partial charge in [-0.15, -0.1) is 0 Å². The molecular formula is C12H15ClN2O2. The van der Waals surface area contributed by atoms with Crippen LogP contribution in [0.2, 0.25) is 5.02 Å². The van der Waals surface area contributed by atoms with Crippen LogP contribution in [-0.4, -0.2) is 25.6 Å². The minimum atomic E-state index is -0.0864. The van der Waals surface area contributed by atoms with Crippen molar-refractivity contribution in [3.05, 3.63) is 23.2 Å². The van der Waals surface area contributed by atoms with Crippen molar-refractivity contribution in [3.63, 3.8) is 0 Å². The molecule has 0 aliphatic carbocycles. The van der Waals surface area contributed by atoms with Gasteiger partial charge in [-0.05, 0) is 31.5 Å². The van der Waals surface area contributed by atoms with Gasteiger partial charge in [0.1, 0.15) is 5.75 Å². The third-order valence-electron chi connectivity index (χ3n) is 2.80. The Bertz CT molecular complexity index is 417. The van der Waals surface area contributed by atoms with E-state index in [0.717, 1.165) is 19.4 Å². The summed E-state index contributed by atoms with van der Waals surface area (Å²) in [5.41, 5.74) is 0.699. The lowest BCUT2D eigenvalue weighted by Gasteiger charge is -2.12. The predicted octanol–water partition coefficient (Wildman–Crippen LogP) is 2.04. The summed E-state index contributed by atoms with van der Waals surface area (Å²) < 4.78 is 5.09. The first-order chi connectivity index (χ1) is 8.20. The topological polar surface area (TPSA) is 50.4 Å². The number of carbonyl (C=O) groups is 1. The maximum Gasteiger partial charge on any atom is 0.241 e. The molecule has 1 atom stereocenters. The molecule has 0 radical (unpaired) electrons. The smallest absolute Gasteiger partial charge is 0.241 e. The quantitative estimate of drug-likeness (QED) is 0.868. The first-order valence-electron chi connectivity index (χ1n) is 5.58. The van der Waals surface area contributed by atoms with Gasteiger partial charge in [-0.1, -0.05) is 11.6 Å². The molecule has 0 bridgehead atoms. The first kappa shape index (κ1) is 12.2. The molecule has 1 aromatic carbocycles. The van der Waals surface area contributed by atoms with Crippen LogP contribution in [0.3, 0.4) is 0 Å². The van der Waals surface area contributed by atoms with E-state index in [-0.39, 0.29) is 11.9 Å². The molecule has 1 aromatic rings. The lowest BCUT2D eigenvalue weighted by Crippen LogP contribution is -2.35. The molecule has 0 aromatic heterocycles. The fraction of sp³-hybridized carbons (Fsp3) is 0.417. The second kappa shape index (κ2) is 5.38. The highest BCUT2D eigenvalue weighted by Gasteiger charge is 2.21. The van der Waals surface area contributed by atoms with Crippen LogP contribution < -0.4 is 15.4 Å². The van der Waals surface area contributed by atoms with Crippen LogP contribution in [0.25, 0.3) is 0 Å². The number of hydrogen-bond donors (Lipinski definition) is 2. The van der Waals surface area contributed by atoms with E-state index in [1.165, 1.54) is 0 Å². The van der Waals surface area contributed by atoms with Gasteiger partial charge >= 0.3 is 0 Å². The molecule has 1 aliphatic rings. The first-order valence-corrected chi connectivity index (χ1v) is 5.96. The van der Waals surface area contributed by atoms with Gasteiger partial charge in [-0.25, -0.2) is 0 Å². The van der Waals surface area contributed by atoms with Crippen molar-refractivity contribution >= 4 is 23.2 Å². The van der Waals surface area contributed by atoms with E-state index < -0.39 is 0 Å². The van der Waals surface area contributed by atoms with E-state index in [2.05, 4.69) is 10.6 Å². The molecule has 0 unspecified atom stereocenters. The second-order valence-electron chi connectivity index (χ2n) is 3.99. The average Bonchev–Trinajstić information content (AvgIpc) is 2.85. The molecule has 2 N–H and O–H groups in total. The number of carbonyl (C=O) groups excluding carboxylic acids is 1. The van der Waals surface area contributed by atoms with Crippen LogP contribution in [0.15, 0.2) is 18.2 Å². The van der Waals surface area contributed by atoms with Gasteiger partial charge in [0.05, 0.1) is 18.2 Å². The van der Waals surface area contributed by atoms with Gasteiger partial charge in [-0.3, -0.25) is 4.79 Å². The Morgan fingerprint density at radius 2 is 2.41 bits per heavy atom. The summed E-state index contributed by atoms with van der Waals surface area (Å²) >= 11 is 5.91. The summed E-state index contributed by atoms with van der Waals surface area (Å²) in [5, 5.41) is 6.52. The fourth-order valence-corrected chi connectivity index (χ4v) is 2.07. The molecule has 0 spiro atoms. The Kier molecular flexibility index (Phi) is 3.86. The number of anilines is 1. The number of amides is 1. The Labute approximate surface area is 105 Å². The lowest BCUT2D eigenvalue weighted by molar-refractivity contribution is -0.117. The molecule has 4 nitrogen and oxygen atoms in total. The predicted molar refractivity (Wildman–Crippen MR) is 67.7 cm³/mol. The van der Waals surface area contributed by atoms with Crippen LogP contribution in [0.5, 0.6) is 5.75 Å². The van der Waals surface area contributed by atoms with Crippen molar-refractivity contribution in [1.82, 2.24) is 5.32 Å². The summed E-state index contributed by atoms with van der Waals surface area (Å²) in [6.07, 6.45) is 1.93. The standard InChI is InChI=1S/C12H15ClN2O2/c1-17-11-7-8(4-5-9(11)13)15-12(16)10-3-2-6-14-10/h4-5,7,10,14H,2-3,6H2,1H3,(H,15,16)/t10-/m0/s1. The van der Waals surface area contributed by atoms with Crippen molar-refractivity contribution < 1.29 is 9.53 Å². The number of methoxy groups -OCH3 is 1. The van der Waals surface area contributed by atoms with Gasteiger partial charge < -0.3 is 15.4 Å². The molecule has 0 saturated carbocycles. The van der Waals surface area contributed by atoms with Crippen LogP contribution in [0, 0.1) is 0 Å². The summed E-state index contributed by atoms with van der Waals surface area (Å²) in [6.45, 7) is 0.905. The monoisotopic (exact) mass is 254 g/mol. The number of benzene rings is 1. The molecule has 1 heterocycles.